The molecule has 1 fully saturated rings. The average Bonchev–Trinajstić information content (AvgIpc) is 2.40. The summed E-state index contributed by atoms with van der Waals surface area (Å²) in [6.45, 7) is 0.650. The van der Waals surface area contributed by atoms with Gasteiger partial charge in [-0.25, -0.2) is 4.89 Å². The van der Waals surface area contributed by atoms with E-state index >= 15 is 0 Å². The van der Waals surface area contributed by atoms with Crippen LogP contribution in [0.15, 0.2) is 42.5 Å². The van der Waals surface area contributed by atoms with Gasteiger partial charge >= 0.3 is 0 Å². The summed E-state index contributed by atoms with van der Waals surface area (Å²) >= 11 is 0. The van der Waals surface area contributed by atoms with E-state index in [4.69, 9.17) is 14.5 Å². The fourth-order valence-electron chi connectivity index (χ4n) is 1.95. The maximum Gasteiger partial charge on any atom is 0.231 e. The molecule has 3 rings (SSSR count). The van der Waals surface area contributed by atoms with Gasteiger partial charge in [-0.15, -0.1) is 0 Å². The second-order valence-electron chi connectivity index (χ2n) is 4.12. The van der Waals surface area contributed by atoms with Crippen molar-refractivity contribution in [1.82, 2.24) is 0 Å². The molecule has 3 nitrogen and oxygen atoms in total. The molecule has 17 heavy (non-hydrogen) atoms. The van der Waals surface area contributed by atoms with E-state index in [-0.39, 0.29) is 6.29 Å². The van der Waals surface area contributed by atoms with Crippen molar-refractivity contribution in [2.75, 3.05) is 6.61 Å². The highest BCUT2D eigenvalue weighted by atomic mass is 17.2. The molecule has 2 aromatic carbocycles. The smallest absolute Gasteiger partial charge is 0.231 e. The fourth-order valence-corrected chi connectivity index (χ4v) is 1.95. The van der Waals surface area contributed by atoms with Gasteiger partial charge in [-0.05, 0) is 29.3 Å². The standard InChI is InChI=1S/C14H14O3/c1-2-5-12-10-13(8-7-11(12)4-1)16-14-6-3-9-15-17-14/h1-2,4-5,7-8,10,14H,3,6,9H2. The Morgan fingerprint density at radius 3 is 2.76 bits per heavy atom. The Labute approximate surface area is 99.8 Å². The summed E-state index contributed by atoms with van der Waals surface area (Å²) in [5.41, 5.74) is 0. The first-order valence-corrected chi connectivity index (χ1v) is 5.85. The number of hydrogen-bond donors (Lipinski definition) is 0. The third kappa shape index (κ3) is 2.40. The summed E-state index contributed by atoms with van der Waals surface area (Å²) in [4.78, 5) is 9.99. The predicted molar refractivity (Wildman–Crippen MR) is 64.6 cm³/mol. The van der Waals surface area contributed by atoms with Gasteiger partial charge in [0.05, 0.1) is 6.61 Å². The highest BCUT2D eigenvalue weighted by molar-refractivity contribution is 5.83. The maximum atomic E-state index is 5.72. The van der Waals surface area contributed by atoms with Crippen LogP contribution in [-0.4, -0.2) is 12.9 Å². The Hall–Kier alpha value is -1.58. The summed E-state index contributed by atoms with van der Waals surface area (Å²) in [5, 5.41) is 2.38. The van der Waals surface area contributed by atoms with Gasteiger partial charge in [0.1, 0.15) is 5.75 Å². The van der Waals surface area contributed by atoms with Gasteiger partial charge in [0.15, 0.2) is 0 Å². The maximum absolute atomic E-state index is 5.72. The molecule has 1 atom stereocenters. The first kappa shape index (κ1) is 10.6. The third-order valence-electron chi connectivity index (χ3n) is 2.83. The molecule has 0 amide bonds. The van der Waals surface area contributed by atoms with E-state index in [1.807, 2.05) is 30.3 Å². The lowest BCUT2D eigenvalue weighted by Crippen LogP contribution is -2.25. The zero-order valence-corrected chi connectivity index (χ0v) is 9.46. The van der Waals surface area contributed by atoms with Gasteiger partial charge in [-0.3, -0.25) is 0 Å². The number of rotatable bonds is 2. The van der Waals surface area contributed by atoms with Crippen LogP contribution >= 0.6 is 0 Å². The summed E-state index contributed by atoms with van der Waals surface area (Å²) < 4.78 is 5.72. The second-order valence-corrected chi connectivity index (χ2v) is 4.12. The molecule has 1 aliphatic rings. The Bertz CT molecular complexity index is 504. The molecule has 0 N–H and O–H groups in total. The van der Waals surface area contributed by atoms with E-state index in [1.54, 1.807) is 0 Å². The Morgan fingerprint density at radius 1 is 1.06 bits per heavy atom. The Balaban J connectivity index is 1.80. The molecule has 3 heteroatoms. The van der Waals surface area contributed by atoms with Gasteiger partial charge in [0, 0.05) is 6.42 Å². The molecular formula is C14H14O3. The molecule has 0 bridgehead atoms. The zero-order valence-electron chi connectivity index (χ0n) is 9.46. The normalized spacial score (nSPS) is 20.4. The lowest BCUT2D eigenvalue weighted by molar-refractivity contribution is -0.382. The molecule has 1 unspecified atom stereocenters. The molecule has 0 spiro atoms. The van der Waals surface area contributed by atoms with E-state index in [0.717, 1.165) is 18.6 Å². The van der Waals surface area contributed by atoms with E-state index in [9.17, 15) is 0 Å². The molecule has 88 valence electrons. The van der Waals surface area contributed by atoms with Crippen LogP contribution in [0.4, 0.5) is 0 Å². The lowest BCUT2D eigenvalue weighted by Gasteiger charge is -2.22. The summed E-state index contributed by atoms with van der Waals surface area (Å²) in [6, 6.07) is 14.2. The number of ether oxygens (including phenoxy) is 1. The van der Waals surface area contributed by atoms with E-state index in [0.29, 0.717) is 6.61 Å². The average molecular weight is 230 g/mol. The van der Waals surface area contributed by atoms with Crippen molar-refractivity contribution in [3.8, 4) is 5.75 Å². The van der Waals surface area contributed by atoms with Crippen molar-refractivity contribution in [3.05, 3.63) is 42.5 Å². The van der Waals surface area contributed by atoms with Crippen LogP contribution in [0.25, 0.3) is 10.8 Å². The number of benzene rings is 2. The lowest BCUT2D eigenvalue weighted by atomic mass is 10.1. The van der Waals surface area contributed by atoms with Crippen molar-refractivity contribution in [1.29, 1.82) is 0 Å². The number of fused-ring (bicyclic) bond motifs is 1. The predicted octanol–water partition coefficient (Wildman–Crippen LogP) is 3.29. The van der Waals surface area contributed by atoms with Crippen molar-refractivity contribution >= 4 is 10.8 Å². The summed E-state index contributed by atoms with van der Waals surface area (Å²) in [5.74, 6) is 0.819. The molecule has 1 aliphatic heterocycles. The van der Waals surface area contributed by atoms with Crippen LogP contribution in [0.3, 0.4) is 0 Å². The molecule has 1 heterocycles. The minimum atomic E-state index is -0.287. The first-order valence-electron chi connectivity index (χ1n) is 5.85. The highest BCUT2D eigenvalue weighted by Gasteiger charge is 2.16. The van der Waals surface area contributed by atoms with Gasteiger partial charge in [0.25, 0.3) is 0 Å². The quantitative estimate of drug-likeness (QED) is 0.741. The molecule has 0 aliphatic carbocycles. The second kappa shape index (κ2) is 4.73. The molecule has 2 aromatic rings. The molecule has 0 aromatic heterocycles. The van der Waals surface area contributed by atoms with Crippen LogP contribution < -0.4 is 4.74 Å². The molecule has 0 saturated carbocycles. The SMILES string of the molecule is c1ccc2cc(OC3CCCOO3)ccc2c1. The third-order valence-corrected chi connectivity index (χ3v) is 2.83. The summed E-state index contributed by atoms with van der Waals surface area (Å²) in [7, 11) is 0. The van der Waals surface area contributed by atoms with Crippen molar-refractivity contribution in [3.63, 3.8) is 0 Å². The van der Waals surface area contributed by atoms with Crippen LogP contribution in [0.5, 0.6) is 5.75 Å². The first-order chi connectivity index (χ1) is 8.42. The zero-order chi connectivity index (χ0) is 11.5. The molecular weight excluding hydrogens is 216 g/mol. The van der Waals surface area contributed by atoms with Crippen LogP contribution in [0.1, 0.15) is 12.8 Å². The van der Waals surface area contributed by atoms with Gasteiger partial charge in [-0.1, -0.05) is 30.3 Å². The van der Waals surface area contributed by atoms with Crippen LogP contribution in [0, 0.1) is 0 Å². The topological polar surface area (TPSA) is 27.7 Å². The summed E-state index contributed by atoms with van der Waals surface area (Å²) in [6.07, 6.45) is 1.55. The minimum absolute atomic E-state index is 0.287. The molecule has 1 saturated heterocycles. The number of hydrogen-bond acceptors (Lipinski definition) is 3. The fraction of sp³-hybridized carbons (Fsp3) is 0.286. The van der Waals surface area contributed by atoms with Gasteiger partial charge in [-0.2, -0.15) is 4.89 Å². The Kier molecular flexibility index (Phi) is 2.94. The van der Waals surface area contributed by atoms with Crippen molar-refractivity contribution in [2.24, 2.45) is 0 Å². The Morgan fingerprint density at radius 2 is 1.94 bits per heavy atom. The van der Waals surface area contributed by atoms with Crippen molar-refractivity contribution < 1.29 is 14.5 Å². The minimum Gasteiger partial charge on any atom is -0.462 e. The van der Waals surface area contributed by atoms with Crippen LogP contribution in [-0.2, 0) is 9.78 Å². The molecule has 0 radical (unpaired) electrons. The van der Waals surface area contributed by atoms with Gasteiger partial charge < -0.3 is 4.74 Å². The van der Waals surface area contributed by atoms with Crippen LogP contribution in [0.2, 0.25) is 0 Å². The van der Waals surface area contributed by atoms with Gasteiger partial charge in [0.2, 0.25) is 6.29 Å². The highest BCUT2D eigenvalue weighted by Crippen LogP contribution is 2.23. The van der Waals surface area contributed by atoms with E-state index in [1.165, 1.54) is 10.8 Å². The monoisotopic (exact) mass is 230 g/mol. The van der Waals surface area contributed by atoms with Crippen molar-refractivity contribution in [2.45, 2.75) is 19.1 Å². The van der Waals surface area contributed by atoms with E-state index in [2.05, 4.69) is 12.1 Å². The van der Waals surface area contributed by atoms with E-state index < -0.39 is 0 Å². The largest absolute Gasteiger partial charge is 0.462 e.